The Morgan fingerprint density at radius 2 is 1.92 bits per heavy atom. The standard InChI is InChI=1S/C9H7BrN2/c1-6-2-3-7(10)9-8(6)11-4-5-12-9/h2-5H,1H3/i4D,5D. The van der Waals surface area contributed by atoms with Gasteiger partial charge in [-0.25, -0.2) is 0 Å². The molecule has 1 aromatic carbocycles. The Kier molecular flexibility index (Phi) is 1.33. The average Bonchev–Trinajstić information content (AvgIpc) is 2.15. The first-order valence-corrected chi connectivity index (χ1v) is 4.29. The van der Waals surface area contributed by atoms with Gasteiger partial charge in [-0.05, 0) is 34.5 Å². The number of halogens is 1. The number of fused-ring (bicyclic) bond motifs is 1. The third-order valence-electron chi connectivity index (χ3n) is 1.69. The van der Waals surface area contributed by atoms with E-state index in [0.29, 0.717) is 11.0 Å². The van der Waals surface area contributed by atoms with Crippen molar-refractivity contribution in [1.82, 2.24) is 9.97 Å². The zero-order valence-corrected chi connectivity index (χ0v) is 8.01. The highest BCUT2D eigenvalue weighted by molar-refractivity contribution is 9.10. The number of hydrogen-bond donors (Lipinski definition) is 0. The first kappa shape index (κ1) is 5.65. The Balaban J connectivity index is 2.94. The lowest BCUT2D eigenvalue weighted by atomic mass is 10.2. The Hall–Kier alpha value is -0.960. The molecule has 0 radical (unpaired) electrons. The Morgan fingerprint density at radius 1 is 1.25 bits per heavy atom. The van der Waals surface area contributed by atoms with Crippen LogP contribution in [0, 0.1) is 6.92 Å². The normalized spacial score (nSPS) is 12.8. The fourth-order valence-electron chi connectivity index (χ4n) is 1.07. The predicted molar refractivity (Wildman–Crippen MR) is 52.0 cm³/mol. The quantitative estimate of drug-likeness (QED) is 0.688. The first-order chi connectivity index (χ1) is 6.59. The molecule has 2 rings (SSSR count). The Labute approximate surface area is 81.6 Å². The van der Waals surface area contributed by atoms with Crippen LogP contribution < -0.4 is 0 Å². The summed E-state index contributed by atoms with van der Waals surface area (Å²) in [4.78, 5) is 8.03. The third-order valence-corrected chi connectivity index (χ3v) is 2.33. The minimum atomic E-state index is -0.0937. The molecule has 0 aliphatic carbocycles. The van der Waals surface area contributed by atoms with Crippen LogP contribution in [0.2, 0.25) is 0 Å². The van der Waals surface area contributed by atoms with Crippen molar-refractivity contribution in [2.24, 2.45) is 0 Å². The molecule has 0 saturated carbocycles. The molecule has 0 spiro atoms. The van der Waals surface area contributed by atoms with E-state index in [4.69, 9.17) is 2.74 Å². The van der Waals surface area contributed by atoms with Crippen molar-refractivity contribution in [2.45, 2.75) is 6.92 Å². The minimum Gasteiger partial charge on any atom is -0.253 e. The lowest BCUT2D eigenvalue weighted by molar-refractivity contribution is 1.27. The molecule has 0 bridgehead atoms. The molecule has 2 aromatic rings. The molecule has 1 heterocycles. The summed E-state index contributed by atoms with van der Waals surface area (Å²) in [6, 6.07) is 3.78. The topological polar surface area (TPSA) is 25.8 Å². The molecule has 0 amide bonds. The van der Waals surface area contributed by atoms with E-state index in [0.717, 1.165) is 10.0 Å². The molecule has 0 unspecified atom stereocenters. The van der Waals surface area contributed by atoms with Gasteiger partial charge in [-0.2, -0.15) is 0 Å². The lowest BCUT2D eigenvalue weighted by Gasteiger charge is -2.00. The van der Waals surface area contributed by atoms with Gasteiger partial charge in [0.25, 0.3) is 0 Å². The molecule has 0 atom stereocenters. The van der Waals surface area contributed by atoms with Crippen LogP contribution in [0.1, 0.15) is 8.30 Å². The van der Waals surface area contributed by atoms with Gasteiger partial charge >= 0.3 is 0 Å². The summed E-state index contributed by atoms with van der Waals surface area (Å²) in [7, 11) is 0. The predicted octanol–water partition coefficient (Wildman–Crippen LogP) is 2.70. The zero-order valence-electron chi connectivity index (χ0n) is 8.43. The zero-order chi connectivity index (χ0) is 10.3. The van der Waals surface area contributed by atoms with Gasteiger partial charge in [-0.3, -0.25) is 9.97 Å². The second-order valence-corrected chi connectivity index (χ2v) is 3.36. The summed E-state index contributed by atoms with van der Waals surface area (Å²) < 4.78 is 15.6. The third kappa shape index (κ3) is 1.10. The molecular weight excluding hydrogens is 216 g/mol. The molecule has 0 saturated heterocycles. The summed E-state index contributed by atoms with van der Waals surface area (Å²) in [6.45, 7) is 1.91. The van der Waals surface area contributed by atoms with E-state index in [1.807, 2.05) is 19.1 Å². The van der Waals surface area contributed by atoms with Gasteiger partial charge < -0.3 is 0 Å². The van der Waals surface area contributed by atoms with Crippen LogP contribution in [0.25, 0.3) is 11.0 Å². The highest BCUT2D eigenvalue weighted by atomic mass is 79.9. The van der Waals surface area contributed by atoms with Crippen LogP contribution in [0.3, 0.4) is 0 Å². The maximum absolute atomic E-state index is 7.39. The minimum absolute atomic E-state index is 0.0845. The van der Waals surface area contributed by atoms with Crippen molar-refractivity contribution >= 4 is 27.0 Å². The molecule has 0 aliphatic rings. The van der Waals surface area contributed by atoms with Crippen LogP contribution in [0.5, 0.6) is 0 Å². The molecule has 12 heavy (non-hydrogen) atoms. The molecule has 1 aromatic heterocycles. The van der Waals surface area contributed by atoms with Crippen molar-refractivity contribution in [1.29, 1.82) is 0 Å². The van der Waals surface area contributed by atoms with Crippen LogP contribution in [0.4, 0.5) is 0 Å². The van der Waals surface area contributed by atoms with Gasteiger partial charge in [-0.1, -0.05) is 6.07 Å². The van der Waals surface area contributed by atoms with E-state index in [9.17, 15) is 0 Å². The molecule has 0 N–H and O–H groups in total. The number of hydrogen-bond acceptors (Lipinski definition) is 2. The average molecular weight is 225 g/mol. The maximum atomic E-state index is 7.39. The van der Waals surface area contributed by atoms with E-state index in [1.54, 1.807) is 0 Å². The van der Waals surface area contributed by atoms with E-state index >= 15 is 0 Å². The van der Waals surface area contributed by atoms with Gasteiger partial charge in [0.2, 0.25) is 0 Å². The number of aromatic nitrogens is 2. The van der Waals surface area contributed by atoms with Crippen LogP contribution in [-0.4, -0.2) is 9.97 Å². The van der Waals surface area contributed by atoms with Crippen molar-refractivity contribution in [3.63, 3.8) is 0 Å². The number of rotatable bonds is 0. The summed E-state index contributed by atoms with van der Waals surface area (Å²) in [5.41, 5.74) is 2.29. The molecule has 0 aliphatic heterocycles. The van der Waals surface area contributed by atoms with Crippen LogP contribution in [0.15, 0.2) is 29.0 Å². The van der Waals surface area contributed by atoms with Gasteiger partial charge in [-0.15, -0.1) is 0 Å². The fraction of sp³-hybridized carbons (Fsp3) is 0.111. The number of benzene rings is 1. The maximum Gasteiger partial charge on any atom is 0.103 e. The second kappa shape index (κ2) is 2.83. The van der Waals surface area contributed by atoms with E-state index in [2.05, 4.69) is 25.9 Å². The molecule has 2 nitrogen and oxygen atoms in total. The van der Waals surface area contributed by atoms with E-state index in [1.165, 1.54) is 0 Å². The van der Waals surface area contributed by atoms with Gasteiger partial charge in [0.1, 0.15) is 5.52 Å². The largest absolute Gasteiger partial charge is 0.253 e. The van der Waals surface area contributed by atoms with E-state index in [-0.39, 0.29) is 12.3 Å². The SMILES string of the molecule is [2H]c1nc2c(C)ccc(Br)c2nc1[2H]. The molecule has 60 valence electrons. The summed E-state index contributed by atoms with van der Waals surface area (Å²) >= 11 is 3.34. The van der Waals surface area contributed by atoms with Crippen molar-refractivity contribution < 1.29 is 2.74 Å². The Bertz CT molecular complexity index is 467. The summed E-state index contributed by atoms with van der Waals surface area (Å²) in [6.07, 6.45) is -0.178. The molecular formula is C9H7BrN2. The highest BCUT2D eigenvalue weighted by Crippen LogP contribution is 2.22. The highest BCUT2D eigenvalue weighted by Gasteiger charge is 2.01. The molecule has 3 heteroatoms. The van der Waals surface area contributed by atoms with Crippen molar-refractivity contribution in [3.8, 4) is 0 Å². The monoisotopic (exact) mass is 224 g/mol. The van der Waals surface area contributed by atoms with Gasteiger partial charge in [0.05, 0.1) is 8.26 Å². The smallest absolute Gasteiger partial charge is 0.103 e. The Morgan fingerprint density at radius 3 is 2.67 bits per heavy atom. The summed E-state index contributed by atoms with van der Waals surface area (Å²) in [5, 5.41) is 0. The van der Waals surface area contributed by atoms with Crippen LogP contribution >= 0.6 is 15.9 Å². The van der Waals surface area contributed by atoms with Gasteiger partial charge in [0.15, 0.2) is 0 Å². The molecule has 0 fully saturated rings. The summed E-state index contributed by atoms with van der Waals surface area (Å²) in [5.74, 6) is 0. The van der Waals surface area contributed by atoms with Crippen LogP contribution in [-0.2, 0) is 0 Å². The van der Waals surface area contributed by atoms with Gasteiger partial charge in [0, 0.05) is 16.8 Å². The fourth-order valence-corrected chi connectivity index (χ4v) is 1.47. The van der Waals surface area contributed by atoms with E-state index < -0.39 is 0 Å². The number of nitrogens with zero attached hydrogens (tertiary/aromatic N) is 2. The lowest BCUT2D eigenvalue weighted by Crippen LogP contribution is -1.86. The second-order valence-electron chi connectivity index (χ2n) is 2.51. The van der Waals surface area contributed by atoms with Crippen molar-refractivity contribution in [3.05, 3.63) is 34.5 Å². The van der Waals surface area contributed by atoms with Crippen molar-refractivity contribution in [2.75, 3.05) is 0 Å². The number of aryl methyl sites for hydroxylation is 1. The first-order valence-electron chi connectivity index (χ1n) is 4.49.